The van der Waals surface area contributed by atoms with Crippen molar-refractivity contribution in [3.05, 3.63) is 47.0 Å². The number of aliphatic carboxylic acids is 1. The quantitative estimate of drug-likeness (QED) is 0.0650. The summed E-state index contributed by atoms with van der Waals surface area (Å²) in [6.45, 7) is -2.58. The number of aliphatic hydroxyl groups excluding tert-OH is 10. The van der Waals surface area contributed by atoms with Crippen LogP contribution in [-0.4, -0.2) is 192 Å². The molecule has 22 nitrogen and oxygen atoms in total. The van der Waals surface area contributed by atoms with E-state index in [1.165, 1.54) is 18.4 Å². The number of carboxylic acids is 1. The highest BCUT2D eigenvalue weighted by atomic mass is 32.2. The Bertz CT molecular complexity index is 1630. The van der Waals surface area contributed by atoms with Gasteiger partial charge >= 0.3 is 17.2 Å². The number of carboxylic acid groups (broad SMARTS) is 1. The fraction of sp³-hybridized carbons (Fsp3) is 0.676. The van der Waals surface area contributed by atoms with Gasteiger partial charge in [-0.15, -0.1) is 0 Å². The van der Waals surface area contributed by atoms with E-state index < -0.39 is 154 Å². The minimum Gasteiger partial charge on any atom is -0.478 e. The standard InChI is InChI=1S/C34H44O22S/c1-57-34(48)52-6-11-3-15(38)21-13(8-51-31(19(11)21)56-32-26(43)24(41)22(39)16(5-36)53-32)29(47)49-9-17-23(40)25(42)27(44)33(54-17)55-30-18-10(4-35)2-14(37)20(18)12(7-50-30)28(45)46/h2-3,7-8,14-27,30-33,35-44H,4-6,9H2,1H3,(H,45,46). The van der Waals surface area contributed by atoms with Gasteiger partial charge in [0.1, 0.15) is 62.0 Å². The molecule has 57 heavy (non-hydrogen) atoms. The fourth-order valence-corrected chi connectivity index (χ4v) is 7.95. The van der Waals surface area contributed by atoms with Crippen molar-refractivity contribution < 1.29 is 108 Å². The molecule has 23 heteroatoms. The zero-order chi connectivity index (χ0) is 41.5. The van der Waals surface area contributed by atoms with Crippen LogP contribution < -0.4 is 0 Å². The van der Waals surface area contributed by atoms with E-state index in [2.05, 4.69) is 0 Å². The molecule has 2 aliphatic carbocycles. The average Bonchev–Trinajstić information content (AvgIpc) is 3.72. The maximum absolute atomic E-state index is 13.6. The zero-order valence-corrected chi connectivity index (χ0v) is 30.7. The van der Waals surface area contributed by atoms with Crippen molar-refractivity contribution in [2.45, 2.75) is 86.2 Å². The van der Waals surface area contributed by atoms with Crippen LogP contribution >= 0.6 is 11.8 Å². The van der Waals surface area contributed by atoms with Gasteiger partial charge in [-0.1, -0.05) is 12.2 Å². The summed E-state index contributed by atoms with van der Waals surface area (Å²) in [5.74, 6) is -7.09. The van der Waals surface area contributed by atoms with Gasteiger partial charge in [-0.25, -0.2) is 14.4 Å². The molecule has 0 spiro atoms. The second-order valence-electron chi connectivity index (χ2n) is 14.0. The summed E-state index contributed by atoms with van der Waals surface area (Å²) < 4.78 is 44.5. The summed E-state index contributed by atoms with van der Waals surface area (Å²) in [4.78, 5) is 37.4. The van der Waals surface area contributed by atoms with Crippen molar-refractivity contribution in [1.29, 1.82) is 0 Å². The van der Waals surface area contributed by atoms with E-state index in [0.717, 1.165) is 24.3 Å². The third kappa shape index (κ3) is 8.46. The van der Waals surface area contributed by atoms with Gasteiger partial charge < -0.3 is 94.1 Å². The molecule has 0 bridgehead atoms. The average molecular weight is 837 g/mol. The van der Waals surface area contributed by atoms with Crippen molar-refractivity contribution in [3.63, 3.8) is 0 Å². The van der Waals surface area contributed by atoms with Crippen LogP contribution in [0.25, 0.3) is 0 Å². The second-order valence-corrected chi connectivity index (χ2v) is 14.8. The third-order valence-corrected chi connectivity index (χ3v) is 11.2. The zero-order valence-electron chi connectivity index (χ0n) is 29.8. The van der Waals surface area contributed by atoms with Crippen LogP contribution in [0.15, 0.2) is 47.0 Å². The largest absolute Gasteiger partial charge is 0.478 e. The summed E-state index contributed by atoms with van der Waals surface area (Å²) in [6, 6.07) is 0. The van der Waals surface area contributed by atoms with Crippen molar-refractivity contribution in [2.24, 2.45) is 23.7 Å². The third-order valence-electron chi connectivity index (χ3n) is 10.7. The number of thioether (sulfide) groups is 1. The lowest BCUT2D eigenvalue weighted by atomic mass is 9.82. The number of ether oxygens (including phenoxy) is 8. The summed E-state index contributed by atoms with van der Waals surface area (Å²) in [5, 5.41) is 113. The van der Waals surface area contributed by atoms with Crippen molar-refractivity contribution in [1.82, 2.24) is 0 Å². The molecule has 0 aromatic heterocycles. The molecule has 2 saturated heterocycles. The smallest absolute Gasteiger partial charge is 0.367 e. The predicted molar refractivity (Wildman–Crippen MR) is 181 cm³/mol. The molecule has 2 fully saturated rings. The Morgan fingerprint density at radius 3 is 1.70 bits per heavy atom. The first-order chi connectivity index (χ1) is 27.1. The molecule has 18 atom stereocenters. The molecule has 0 radical (unpaired) electrons. The predicted octanol–water partition coefficient (Wildman–Crippen LogP) is -4.71. The molecular weight excluding hydrogens is 792 g/mol. The Hall–Kier alpha value is -3.24. The molecule has 0 aromatic carbocycles. The number of hydrogen-bond donors (Lipinski definition) is 11. The molecule has 318 valence electrons. The Labute approximate surface area is 326 Å². The number of carbonyl (C=O) groups is 3. The van der Waals surface area contributed by atoms with Gasteiger partial charge in [-0.2, -0.15) is 0 Å². The lowest BCUT2D eigenvalue weighted by Crippen LogP contribution is -2.60. The number of rotatable bonds is 12. The van der Waals surface area contributed by atoms with Gasteiger partial charge in [0.2, 0.25) is 12.6 Å². The summed E-state index contributed by atoms with van der Waals surface area (Å²) in [6.07, 6.45) is -17.6. The maximum Gasteiger partial charge on any atom is 0.367 e. The Balaban J connectivity index is 1.17. The number of esters is 1. The molecule has 0 aromatic rings. The topological polar surface area (TPSA) is 348 Å². The highest BCUT2D eigenvalue weighted by Crippen LogP contribution is 2.46. The molecule has 0 amide bonds. The van der Waals surface area contributed by atoms with Gasteiger partial charge in [0.15, 0.2) is 12.6 Å². The first-order valence-electron chi connectivity index (χ1n) is 17.6. The molecule has 11 N–H and O–H groups in total. The number of hydrogen-bond acceptors (Lipinski definition) is 22. The minimum absolute atomic E-state index is 0.164. The summed E-state index contributed by atoms with van der Waals surface area (Å²) >= 11 is 0.758. The van der Waals surface area contributed by atoms with Crippen LogP contribution in [0.4, 0.5) is 4.79 Å². The van der Waals surface area contributed by atoms with Gasteiger partial charge in [0, 0.05) is 11.8 Å². The van der Waals surface area contributed by atoms with Gasteiger partial charge in [-0.05, 0) is 29.2 Å². The van der Waals surface area contributed by atoms with Crippen LogP contribution in [0.2, 0.25) is 0 Å². The summed E-state index contributed by atoms with van der Waals surface area (Å²) in [5.41, 5.74) is -0.245. The monoisotopic (exact) mass is 836 g/mol. The first-order valence-corrected chi connectivity index (χ1v) is 18.9. The lowest BCUT2D eigenvalue weighted by molar-refractivity contribution is -0.341. The van der Waals surface area contributed by atoms with E-state index in [0.29, 0.717) is 0 Å². The van der Waals surface area contributed by atoms with Gasteiger partial charge in [-0.3, -0.25) is 0 Å². The SMILES string of the molecule is CSC(=O)OCC1=CC(O)C2C(C(=O)OCC3OC(OC4OC=C(C(=O)O)C5C(O)C=C(CO)C45)C(O)C(O)C3O)=COC(OC3OC(CO)C(O)C(O)C3O)C12. The number of fused-ring (bicyclic) bond motifs is 2. The van der Waals surface area contributed by atoms with Crippen LogP contribution in [0.1, 0.15) is 0 Å². The second kappa shape index (κ2) is 17.9. The number of aliphatic hydroxyl groups is 10. The van der Waals surface area contributed by atoms with E-state index in [-0.39, 0.29) is 22.3 Å². The van der Waals surface area contributed by atoms with Crippen LogP contribution in [0.5, 0.6) is 0 Å². The van der Waals surface area contributed by atoms with Crippen LogP contribution in [0.3, 0.4) is 0 Å². The van der Waals surface area contributed by atoms with E-state index in [9.17, 15) is 70.6 Å². The molecule has 0 saturated carbocycles. The van der Waals surface area contributed by atoms with E-state index in [1.54, 1.807) is 0 Å². The van der Waals surface area contributed by atoms with Crippen molar-refractivity contribution in [2.75, 3.05) is 32.7 Å². The van der Waals surface area contributed by atoms with Crippen LogP contribution in [-0.2, 0) is 47.5 Å². The Morgan fingerprint density at radius 2 is 1.16 bits per heavy atom. The normalized spacial score (nSPS) is 42.6. The fourth-order valence-electron chi connectivity index (χ4n) is 7.77. The highest BCUT2D eigenvalue weighted by molar-refractivity contribution is 8.12. The molecule has 6 rings (SSSR count). The van der Waals surface area contributed by atoms with Crippen molar-refractivity contribution in [3.8, 4) is 0 Å². The van der Waals surface area contributed by atoms with Gasteiger partial charge in [0.25, 0.3) is 0 Å². The Kier molecular flexibility index (Phi) is 13.6. The molecule has 18 unspecified atom stereocenters. The van der Waals surface area contributed by atoms with E-state index in [4.69, 9.17) is 37.9 Å². The highest BCUT2D eigenvalue weighted by Gasteiger charge is 2.54. The van der Waals surface area contributed by atoms with Gasteiger partial charge in [0.05, 0.1) is 60.9 Å². The molecule has 6 aliphatic rings. The lowest BCUT2D eigenvalue weighted by Gasteiger charge is -2.43. The molecule has 4 heterocycles. The van der Waals surface area contributed by atoms with Crippen LogP contribution in [0, 0.1) is 23.7 Å². The summed E-state index contributed by atoms with van der Waals surface area (Å²) in [7, 11) is 0. The van der Waals surface area contributed by atoms with Crippen molar-refractivity contribution >= 4 is 29.0 Å². The first kappa shape index (κ1) is 43.3. The minimum atomic E-state index is -1.95. The number of carbonyl (C=O) groups excluding carboxylic acids is 2. The van der Waals surface area contributed by atoms with E-state index >= 15 is 0 Å². The maximum atomic E-state index is 13.6. The van der Waals surface area contributed by atoms with E-state index in [1.807, 2.05) is 0 Å². The Morgan fingerprint density at radius 1 is 0.649 bits per heavy atom. The molecule has 4 aliphatic heterocycles. The molecular formula is C34H44O22S.